The monoisotopic (exact) mass is 383 g/mol. The summed E-state index contributed by atoms with van der Waals surface area (Å²) in [7, 11) is 0. The van der Waals surface area contributed by atoms with Crippen LogP contribution in [0.5, 0.6) is 0 Å². The van der Waals surface area contributed by atoms with E-state index in [1.54, 1.807) is 12.1 Å². The lowest BCUT2D eigenvalue weighted by Crippen LogP contribution is -2.38. The second-order valence-corrected chi connectivity index (χ2v) is 6.97. The van der Waals surface area contributed by atoms with Gasteiger partial charge >= 0.3 is 6.03 Å². The summed E-state index contributed by atoms with van der Waals surface area (Å²) in [4.78, 5) is 29.6. The van der Waals surface area contributed by atoms with Crippen molar-refractivity contribution in [2.75, 3.05) is 54.5 Å². The highest BCUT2D eigenvalue weighted by molar-refractivity contribution is 5.88. The zero-order valence-electron chi connectivity index (χ0n) is 15.8. The van der Waals surface area contributed by atoms with Gasteiger partial charge in [-0.25, -0.2) is 4.79 Å². The lowest BCUT2D eigenvalue weighted by Gasteiger charge is -2.30. The average Bonchev–Trinajstić information content (AvgIpc) is 2.75. The molecule has 148 valence electrons. The van der Waals surface area contributed by atoms with E-state index in [4.69, 9.17) is 25.4 Å². The van der Waals surface area contributed by atoms with Crippen LogP contribution in [0.25, 0.3) is 11.4 Å². The van der Waals surface area contributed by atoms with Gasteiger partial charge < -0.3 is 25.6 Å². The normalized spacial score (nSPS) is 17.4. The molecular formula is C19H25N7O2. The van der Waals surface area contributed by atoms with Gasteiger partial charge in [0.25, 0.3) is 0 Å². The minimum absolute atomic E-state index is 0.588. The van der Waals surface area contributed by atoms with E-state index in [0.717, 1.165) is 50.5 Å². The lowest BCUT2D eigenvalue weighted by molar-refractivity contribution is 0.122. The van der Waals surface area contributed by atoms with Crippen molar-refractivity contribution in [3.8, 4) is 11.4 Å². The maximum atomic E-state index is 11.0. The summed E-state index contributed by atoms with van der Waals surface area (Å²) < 4.78 is 5.46. The molecule has 2 saturated heterocycles. The van der Waals surface area contributed by atoms with Crippen LogP contribution >= 0.6 is 0 Å². The zero-order valence-corrected chi connectivity index (χ0v) is 15.8. The van der Waals surface area contributed by atoms with Gasteiger partial charge in [-0.05, 0) is 43.5 Å². The summed E-state index contributed by atoms with van der Waals surface area (Å²) in [5, 5.41) is 2.56. The fourth-order valence-electron chi connectivity index (χ4n) is 3.47. The van der Waals surface area contributed by atoms with E-state index >= 15 is 0 Å². The minimum Gasteiger partial charge on any atom is -0.378 e. The first kappa shape index (κ1) is 18.4. The molecule has 2 aromatic rings. The number of ether oxygens (including phenoxy) is 1. The highest BCUT2D eigenvalue weighted by Gasteiger charge is 2.21. The number of amides is 2. The van der Waals surface area contributed by atoms with Crippen molar-refractivity contribution in [3.05, 3.63) is 24.3 Å². The first-order valence-electron chi connectivity index (χ1n) is 9.70. The maximum absolute atomic E-state index is 11.0. The average molecular weight is 383 g/mol. The van der Waals surface area contributed by atoms with Crippen molar-refractivity contribution in [1.29, 1.82) is 0 Å². The van der Waals surface area contributed by atoms with E-state index in [2.05, 4.69) is 15.1 Å². The SMILES string of the molecule is NC(=O)Nc1ccc(-c2nc(N3CCCCC3)nc(N3CCOCC3)n2)cc1. The molecule has 2 amide bonds. The topological polar surface area (TPSA) is 110 Å². The molecule has 3 N–H and O–H groups in total. The molecule has 9 heteroatoms. The summed E-state index contributed by atoms with van der Waals surface area (Å²) in [5.74, 6) is 2.04. The Labute approximate surface area is 163 Å². The quantitative estimate of drug-likeness (QED) is 0.829. The Bertz CT molecular complexity index is 779. The third-order valence-corrected chi connectivity index (χ3v) is 4.96. The van der Waals surface area contributed by atoms with Crippen LogP contribution in [0.2, 0.25) is 0 Å². The molecule has 0 spiro atoms. The third kappa shape index (κ3) is 4.30. The number of anilines is 3. The number of nitrogens with two attached hydrogens (primary N) is 1. The van der Waals surface area contributed by atoms with Gasteiger partial charge in [0.2, 0.25) is 11.9 Å². The van der Waals surface area contributed by atoms with E-state index in [0.29, 0.717) is 30.7 Å². The molecule has 0 saturated carbocycles. The van der Waals surface area contributed by atoms with Crippen molar-refractivity contribution < 1.29 is 9.53 Å². The van der Waals surface area contributed by atoms with Crippen molar-refractivity contribution in [2.45, 2.75) is 19.3 Å². The fourth-order valence-corrected chi connectivity index (χ4v) is 3.47. The fraction of sp³-hybridized carbons (Fsp3) is 0.474. The number of nitrogens with one attached hydrogen (secondary N) is 1. The number of nitrogens with zero attached hydrogens (tertiary/aromatic N) is 5. The van der Waals surface area contributed by atoms with E-state index in [-0.39, 0.29) is 0 Å². The number of benzene rings is 1. The van der Waals surface area contributed by atoms with Gasteiger partial charge in [-0.1, -0.05) is 0 Å². The molecule has 4 rings (SSSR count). The standard InChI is InChI=1S/C19H25N7O2/c20-17(27)21-15-6-4-14(5-7-15)16-22-18(25-8-2-1-3-9-25)24-19(23-16)26-10-12-28-13-11-26/h4-7H,1-3,8-13H2,(H3,20,21,27). The second-order valence-electron chi connectivity index (χ2n) is 6.97. The van der Waals surface area contributed by atoms with Crippen LogP contribution in [-0.4, -0.2) is 60.4 Å². The Kier molecular flexibility index (Phi) is 5.52. The smallest absolute Gasteiger partial charge is 0.316 e. The molecule has 3 heterocycles. The lowest BCUT2D eigenvalue weighted by atomic mass is 10.1. The van der Waals surface area contributed by atoms with Crippen LogP contribution in [-0.2, 0) is 4.74 Å². The van der Waals surface area contributed by atoms with Crippen LogP contribution in [0.15, 0.2) is 24.3 Å². The van der Waals surface area contributed by atoms with Gasteiger partial charge in [-0.15, -0.1) is 0 Å². The Morgan fingerprint density at radius 1 is 0.893 bits per heavy atom. The van der Waals surface area contributed by atoms with Crippen LogP contribution < -0.4 is 20.9 Å². The predicted octanol–water partition coefficient (Wildman–Crippen LogP) is 1.86. The molecule has 0 atom stereocenters. The van der Waals surface area contributed by atoms with Gasteiger partial charge in [-0.3, -0.25) is 0 Å². The molecule has 9 nitrogen and oxygen atoms in total. The molecule has 0 bridgehead atoms. The molecule has 0 radical (unpaired) electrons. The molecule has 1 aromatic heterocycles. The van der Waals surface area contributed by atoms with Crippen molar-refractivity contribution >= 4 is 23.6 Å². The number of carbonyl (C=O) groups excluding carboxylic acids is 1. The summed E-state index contributed by atoms with van der Waals surface area (Å²) in [6, 6.07) is 6.75. The van der Waals surface area contributed by atoms with Crippen LogP contribution in [0.4, 0.5) is 22.4 Å². The number of carbonyl (C=O) groups is 1. The number of piperidine rings is 1. The number of primary amides is 1. The second kappa shape index (κ2) is 8.39. The highest BCUT2D eigenvalue weighted by Crippen LogP contribution is 2.25. The number of morpholine rings is 1. The van der Waals surface area contributed by atoms with Gasteiger partial charge in [0, 0.05) is 37.4 Å². The maximum Gasteiger partial charge on any atom is 0.316 e. The van der Waals surface area contributed by atoms with Gasteiger partial charge in [0.05, 0.1) is 13.2 Å². The van der Waals surface area contributed by atoms with Gasteiger partial charge in [-0.2, -0.15) is 15.0 Å². The number of rotatable bonds is 4. The molecule has 2 aliphatic rings. The first-order valence-corrected chi connectivity index (χ1v) is 9.70. The molecule has 28 heavy (non-hydrogen) atoms. The van der Waals surface area contributed by atoms with Crippen LogP contribution in [0, 0.1) is 0 Å². The number of aromatic nitrogens is 3. The molecule has 0 aliphatic carbocycles. The Morgan fingerprint density at radius 3 is 2.11 bits per heavy atom. The molecule has 0 unspecified atom stereocenters. The molecule has 2 fully saturated rings. The van der Waals surface area contributed by atoms with Gasteiger partial charge in [0.15, 0.2) is 5.82 Å². The van der Waals surface area contributed by atoms with E-state index in [9.17, 15) is 4.79 Å². The molecular weight excluding hydrogens is 358 g/mol. The van der Waals surface area contributed by atoms with Crippen LogP contribution in [0.1, 0.15) is 19.3 Å². The summed E-state index contributed by atoms with van der Waals surface area (Å²) in [6.45, 7) is 4.82. The largest absolute Gasteiger partial charge is 0.378 e. The number of hydrogen-bond acceptors (Lipinski definition) is 7. The molecule has 1 aromatic carbocycles. The van der Waals surface area contributed by atoms with Crippen LogP contribution in [0.3, 0.4) is 0 Å². The first-order chi connectivity index (χ1) is 13.7. The number of hydrogen-bond donors (Lipinski definition) is 2. The summed E-state index contributed by atoms with van der Waals surface area (Å²) in [5.41, 5.74) is 6.67. The third-order valence-electron chi connectivity index (χ3n) is 4.96. The Balaban J connectivity index is 1.67. The Morgan fingerprint density at radius 2 is 1.50 bits per heavy atom. The zero-order chi connectivity index (χ0) is 19.3. The van der Waals surface area contributed by atoms with Crippen molar-refractivity contribution in [3.63, 3.8) is 0 Å². The predicted molar refractivity (Wildman–Crippen MR) is 108 cm³/mol. The Hall–Kier alpha value is -2.94. The summed E-state index contributed by atoms with van der Waals surface area (Å²) in [6.07, 6.45) is 3.56. The van der Waals surface area contributed by atoms with E-state index < -0.39 is 6.03 Å². The highest BCUT2D eigenvalue weighted by atomic mass is 16.5. The number of urea groups is 1. The van der Waals surface area contributed by atoms with Crippen molar-refractivity contribution in [2.24, 2.45) is 5.73 Å². The van der Waals surface area contributed by atoms with E-state index in [1.165, 1.54) is 6.42 Å². The molecule has 2 aliphatic heterocycles. The van der Waals surface area contributed by atoms with Crippen molar-refractivity contribution in [1.82, 2.24) is 15.0 Å². The van der Waals surface area contributed by atoms with Gasteiger partial charge in [0.1, 0.15) is 0 Å². The minimum atomic E-state index is -0.588. The summed E-state index contributed by atoms with van der Waals surface area (Å²) >= 11 is 0. The van der Waals surface area contributed by atoms with E-state index in [1.807, 2.05) is 12.1 Å².